The van der Waals surface area contributed by atoms with E-state index in [9.17, 15) is 24.8 Å². The van der Waals surface area contributed by atoms with Gasteiger partial charge in [-0.3, -0.25) is 4.79 Å². The Kier molecular flexibility index (Phi) is 5.69. The van der Waals surface area contributed by atoms with Crippen LogP contribution in [-0.2, 0) is 9.47 Å². The number of hydrogen-bond donors (Lipinski definition) is 1. The average molecular weight is 408 g/mol. The number of carbonyl (C=O) groups is 2. The van der Waals surface area contributed by atoms with Crippen molar-refractivity contribution in [2.75, 3.05) is 13.7 Å². The smallest absolute Gasteiger partial charge is 0.344 e. The molecule has 0 aliphatic rings. The maximum absolute atomic E-state index is 13.2. The molecule has 0 amide bonds. The molecule has 0 bridgehead atoms. The first kappa shape index (κ1) is 20.4. The first-order chi connectivity index (χ1) is 14.5. The van der Waals surface area contributed by atoms with E-state index in [1.165, 1.54) is 42.7 Å². The van der Waals surface area contributed by atoms with Crippen molar-refractivity contribution in [2.24, 2.45) is 0 Å². The van der Waals surface area contributed by atoms with Crippen LogP contribution in [0, 0.1) is 11.3 Å². The molecule has 0 saturated carbocycles. The zero-order valence-corrected chi connectivity index (χ0v) is 16.0. The lowest BCUT2D eigenvalue weighted by atomic mass is 10.0. The second kappa shape index (κ2) is 8.36. The normalized spacial score (nSPS) is 10.3. The topological polar surface area (TPSA) is 132 Å². The number of rotatable bonds is 5. The molecule has 0 saturated heterocycles. The monoisotopic (exact) mass is 408 g/mol. The second-order valence-electron chi connectivity index (χ2n) is 5.91. The molecular weight excluding hydrogens is 392 g/mol. The van der Waals surface area contributed by atoms with Crippen LogP contribution in [0.3, 0.4) is 0 Å². The van der Waals surface area contributed by atoms with Gasteiger partial charge in [0.25, 0.3) is 5.56 Å². The minimum absolute atomic E-state index is 0.0182. The van der Waals surface area contributed by atoms with E-state index in [0.717, 1.165) is 7.11 Å². The highest BCUT2D eigenvalue weighted by Gasteiger charge is 2.31. The Morgan fingerprint density at radius 2 is 1.93 bits per heavy atom. The number of hydrogen-bond acceptors (Lipinski definition) is 8. The Morgan fingerprint density at radius 3 is 2.53 bits per heavy atom. The molecule has 0 atom stereocenters. The summed E-state index contributed by atoms with van der Waals surface area (Å²) < 4.78 is 15.7. The van der Waals surface area contributed by atoms with Gasteiger partial charge in [-0.25, -0.2) is 14.2 Å². The maximum Gasteiger partial charge on any atom is 0.344 e. The van der Waals surface area contributed by atoms with E-state index in [1.54, 1.807) is 13.0 Å². The quantitative estimate of drug-likeness (QED) is 0.637. The highest BCUT2D eigenvalue weighted by atomic mass is 16.5. The lowest BCUT2D eigenvalue weighted by molar-refractivity contribution is 0.0521. The number of carbonyl (C=O) groups excluding carboxylic acids is 2. The van der Waals surface area contributed by atoms with Crippen LogP contribution in [0.4, 0.5) is 0 Å². The zero-order valence-electron chi connectivity index (χ0n) is 16.0. The third-order valence-electron chi connectivity index (χ3n) is 4.26. The van der Waals surface area contributed by atoms with Gasteiger partial charge in [-0.05, 0) is 31.2 Å². The zero-order chi connectivity index (χ0) is 21.8. The van der Waals surface area contributed by atoms with Crippen molar-refractivity contribution in [2.45, 2.75) is 6.92 Å². The van der Waals surface area contributed by atoms with Gasteiger partial charge < -0.3 is 19.0 Å². The number of nitrogens with zero attached hydrogens (tertiary/aromatic N) is 2. The number of benzene rings is 1. The van der Waals surface area contributed by atoms with E-state index >= 15 is 0 Å². The summed E-state index contributed by atoms with van der Waals surface area (Å²) in [5.41, 5.74) is -2.18. The lowest BCUT2D eigenvalue weighted by Gasteiger charge is -2.17. The predicted octanol–water partition coefficient (Wildman–Crippen LogP) is 2.64. The number of furan rings is 1. The molecule has 1 N–H and O–H groups in total. The first-order valence-electron chi connectivity index (χ1n) is 8.77. The fraction of sp³-hybridized carbons (Fsp3) is 0.143. The van der Waals surface area contributed by atoms with Crippen LogP contribution in [0.1, 0.15) is 33.2 Å². The summed E-state index contributed by atoms with van der Waals surface area (Å²) in [5, 5.41) is 20.6. The van der Waals surface area contributed by atoms with Gasteiger partial charge in [-0.1, -0.05) is 12.1 Å². The van der Waals surface area contributed by atoms with Crippen LogP contribution >= 0.6 is 0 Å². The molecule has 9 heteroatoms. The van der Waals surface area contributed by atoms with Crippen LogP contribution < -0.4 is 5.56 Å². The molecule has 2 aromatic heterocycles. The summed E-state index contributed by atoms with van der Waals surface area (Å²) in [6.07, 6.45) is 1.29. The molecule has 30 heavy (non-hydrogen) atoms. The van der Waals surface area contributed by atoms with Gasteiger partial charge in [0.2, 0.25) is 5.88 Å². The molecule has 3 aromatic rings. The molecular formula is C21H16N2O7. The third-order valence-corrected chi connectivity index (χ3v) is 4.26. The molecule has 3 rings (SSSR count). The van der Waals surface area contributed by atoms with Crippen molar-refractivity contribution in [3.63, 3.8) is 0 Å². The Balaban J connectivity index is 2.48. The fourth-order valence-corrected chi connectivity index (χ4v) is 3.01. The summed E-state index contributed by atoms with van der Waals surface area (Å²) in [5.74, 6) is -2.53. The van der Waals surface area contributed by atoms with Crippen molar-refractivity contribution in [3.05, 3.63) is 69.7 Å². The van der Waals surface area contributed by atoms with Crippen molar-refractivity contribution in [1.82, 2.24) is 4.57 Å². The van der Waals surface area contributed by atoms with E-state index in [4.69, 9.17) is 13.9 Å². The van der Waals surface area contributed by atoms with Gasteiger partial charge >= 0.3 is 11.9 Å². The summed E-state index contributed by atoms with van der Waals surface area (Å²) in [6.45, 7) is 1.55. The van der Waals surface area contributed by atoms with Crippen molar-refractivity contribution in [1.29, 1.82) is 5.26 Å². The summed E-state index contributed by atoms with van der Waals surface area (Å²) in [4.78, 5) is 38.0. The molecule has 0 aliphatic carbocycles. The number of para-hydroxylation sites is 1. The number of methoxy groups -OCH3 is 1. The molecule has 0 aliphatic heterocycles. The van der Waals surface area contributed by atoms with Crippen LogP contribution in [0.15, 0.2) is 51.9 Å². The summed E-state index contributed by atoms with van der Waals surface area (Å²) >= 11 is 0. The molecule has 2 heterocycles. The Morgan fingerprint density at radius 1 is 1.20 bits per heavy atom. The molecule has 0 spiro atoms. The third kappa shape index (κ3) is 3.31. The number of pyridine rings is 1. The highest BCUT2D eigenvalue weighted by Crippen LogP contribution is 2.34. The van der Waals surface area contributed by atoms with E-state index in [0.29, 0.717) is 4.57 Å². The molecule has 152 valence electrons. The Bertz CT molecular complexity index is 1220. The number of nitriles is 1. The Labute approximate surface area is 170 Å². The molecule has 1 aromatic carbocycles. The largest absolute Gasteiger partial charge is 0.493 e. The van der Waals surface area contributed by atoms with Gasteiger partial charge in [0.15, 0.2) is 0 Å². The van der Waals surface area contributed by atoms with E-state index < -0.39 is 34.5 Å². The SMILES string of the molecule is CCOC(=O)c1c(-c2ccco2)c(C#N)c(=O)n(-c2ccccc2C(=O)OC)c1O. The maximum atomic E-state index is 13.2. The van der Waals surface area contributed by atoms with Gasteiger partial charge in [-0.15, -0.1) is 0 Å². The van der Waals surface area contributed by atoms with Crippen molar-refractivity contribution < 1.29 is 28.6 Å². The number of aromatic nitrogens is 1. The van der Waals surface area contributed by atoms with E-state index in [-0.39, 0.29) is 29.2 Å². The number of aromatic hydroxyl groups is 1. The minimum Gasteiger partial charge on any atom is -0.493 e. The number of esters is 2. The standard InChI is InChI=1S/C21H16N2O7/c1-3-29-21(27)17-16(15-9-6-10-30-15)13(11-22)18(24)23(19(17)25)14-8-5-4-7-12(14)20(26)28-2/h4-10,25H,3H2,1-2H3. The van der Waals surface area contributed by atoms with Gasteiger partial charge in [0, 0.05) is 0 Å². The predicted molar refractivity (Wildman–Crippen MR) is 103 cm³/mol. The van der Waals surface area contributed by atoms with Gasteiger partial charge in [0.05, 0.1) is 36.8 Å². The van der Waals surface area contributed by atoms with Crippen LogP contribution in [-0.4, -0.2) is 35.3 Å². The molecule has 0 fully saturated rings. The van der Waals surface area contributed by atoms with Crippen molar-refractivity contribution >= 4 is 11.9 Å². The molecule has 9 nitrogen and oxygen atoms in total. The lowest BCUT2D eigenvalue weighted by Crippen LogP contribution is -2.27. The second-order valence-corrected chi connectivity index (χ2v) is 5.91. The average Bonchev–Trinajstić information content (AvgIpc) is 3.28. The van der Waals surface area contributed by atoms with Crippen LogP contribution in [0.5, 0.6) is 5.88 Å². The van der Waals surface area contributed by atoms with Crippen molar-refractivity contribution in [3.8, 4) is 29.0 Å². The van der Waals surface area contributed by atoms with Crippen LogP contribution in [0.25, 0.3) is 17.0 Å². The highest BCUT2D eigenvalue weighted by molar-refractivity contribution is 6.01. The summed E-state index contributed by atoms with van der Waals surface area (Å²) in [6, 6.07) is 10.5. The van der Waals surface area contributed by atoms with Gasteiger partial charge in [0.1, 0.15) is 23.0 Å². The van der Waals surface area contributed by atoms with Gasteiger partial charge in [-0.2, -0.15) is 5.26 Å². The van der Waals surface area contributed by atoms with E-state index in [1.807, 2.05) is 0 Å². The molecule has 0 unspecified atom stereocenters. The number of ether oxygens (including phenoxy) is 2. The first-order valence-corrected chi connectivity index (χ1v) is 8.77. The minimum atomic E-state index is -0.970. The fourth-order valence-electron chi connectivity index (χ4n) is 3.01. The summed E-state index contributed by atoms with van der Waals surface area (Å²) in [7, 11) is 1.16. The van der Waals surface area contributed by atoms with E-state index in [2.05, 4.69) is 0 Å². The van der Waals surface area contributed by atoms with Crippen LogP contribution in [0.2, 0.25) is 0 Å². The Hall–Kier alpha value is -4.32. The molecule has 0 radical (unpaired) electrons.